The third-order valence-electron chi connectivity index (χ3n) is 2.97. The van der Waals surface area contributed by atoms with Crippen LogP contribution in [0.15, 0.2) is 34.1 Å². The second-order valence-corrected chi connectivity index (χ2v) is 6.29. The highest BCUT2D eigenvalue weighted by molar-refractivity contribution is 9.10. The molecule has 1 aliphatic rings. The van der Waals surface area contributed by atoms with Crippen LogP contribution in [0.1, 0.15) is 6.92 Å². The highest BCUT2D eigenvalue weighted by Gasteiger charge is 2.38. The maximum absolute atomic E-state index is 11.8. The molecule has 0 aliphatic carbocycles. The van der Waals surface area contributed by atoms with Gasteiger partial charge in [0.15, 0.2) is 5.13 Å². The zero-order valence-corrected chi connectivity index (χ0v) is 13.9. The van der Waals surface area contributed by atoms with Gasteiger partial charge in [-0.05, 0) is 12.1 Å². The van der Waals surface area contributed by atoms with E-state index in [2.05, 4.69) is 20.9 Å². The average Bonchev–Trinajstić information content (AvgIpc) is 3.06. The molecule has 1 saturated heterocycles. The molecule has 1 aliphatic heterocycles. The number of carbonyl (C=O) groups is 2. The Kier molecular flexibility index (Phi) is 4.12. The fraction of sp³-hybridized carbons (Fsp3) is 0.214. The summed E-state index contributed by atoms with van der Waals surface area (Å²) in [6.07, 6.45) is -1.34. The van der Waals surface area contributed by atoms with E-state index in [1.165, 1.54) is 23.2 Å². The van der Waals surface area contributed by atoms with Crippen LogP contribution in [-0.2, 0) is 14.3 Å². The Hall–Kier alpha value is -1.93. The minimum atomic E-state index is -0.770. The van der Waals surface area contributed by atoms with Crippen LogP contribution in [0.4, 0.5) is 9.93 Å². The van der Waals surface area contributed by atoms with Gasteiger partial charge in [-0.25, -0.2) is 14.7 Å². The second-order valence-electron chi connectivity index (χ2n) is 4.53. The molecule has 1 aromatic heterocycles. The quantitative estimate of drug-likeness (QED) is 0.760. The number of nitrogens with zero attached hydrogens (tertiary/aromatic N) is 2. The van der Waals surface area contributed by atoms with Crippen molar-refractivity contribution in [2.24, 2.45) is 0 Å². The topological polar surface area (TPSA) is 68.7 Å². The second kappa shape index (κ2) is 6.05. The van der Waals surface area contributed by atoms with E-state index in [9.17, 15) is 9.59 Å². The number of carbonyl (C=O) groups excluding carboxylic acids is 2. The molecule has 1 fully saturated rings. The number of hydrogen-bond donors (Lipinski definition) is 0. The number of anilines is 1. The molecule has 0 saturated carbocycles. The Labute approximate surface area is 138 Å². The fourth-order valence-electron chi connectivity index (χ4n) is 2.01. The number of esters is 1. The van der Waals surface area contributed by atoms with Crippen LogP contribution < -0.4 is 4.90 Å². The number of rotatable bonds is 3. The van der Waals surface area contributed by atoms with E-state index < -0.39 is 18.3 Å². The number of cyclic esters (lactones) is 1. The third-order valence-corrected chi connectivity index (χ3v) is 4.34. The van der Waals surface area contributed by atoms with E-state index in [4.69, 9.17) is 9.47 Å². The van der Waals surface area contributed by atoms with E-state index >= 15 is 0 Å². The molecular weight excluding hydrogens is 372 g/mol. The summed E-state index contributed by atoms with van der Waals surface area (Å²) in [4.78, 5) is 28.6. The predicted molar refractivity (Wildman–Crippen MR) is 84.6 cm³/mol. The minimum absolute atomic E-state index is 0.00557. The number of thiazole rings is 1. The van der Waals surface area contributed by atoms with Crippen molar-refractivity contribution in [1.82, 2.24) is 4.98 Å². The van der Waals surface area contributed by atoms with Gasteiger partial charge in [-0.3, -0.25) is 4.79 Å². The lowest BCUT2D eigenvalue weighted by Gasteiger charge is -2.17. The standard InChI is InChI=1S/C14H11BrN2O4S/c1-8(18)21-12-6-20-14(19)17(12)13-16-11(7-22-13)9-2-4-10(15)5-3-9/h2-5,7,12H,6H2,1H3/t12-/m0/s1. The summed E-state index contributed by atoms with van der Waals surface area (Å²) in [6, 6.07) is 7.68. The highest BCUT2D eigenvalue weighted by Crippen LogP contribution is 2.31. The van der Waals surface area contributed by atoms with Crippen molar-refractivity contribution < 1.29 is 19.1 Å². The van der Waals surface area contributed by atoms with Crippen LogP contribution in [0.3, 0.4) is 0 Å². The third kappa shape index (κ3) is 2.97. The number of aromatic nitrogens is 1. The van der Waals surface area contributed by atoms with Gasteiger partial charge in [0.05, 0.1) is 5.69 Å². The molecule has 22 heavy (non-hydrogen) atoms. The molecule has 1 atom stereocenters. The van der Waals surface area contributed by atoms with Crippen LogP contribution >= 0.6 is 27.3 Å². The van der Waals surface area contributed by atoms with Crippen LogP contribution in [0.5, 0.6) is 0 Å². The number of hydrogen-bond acceptors (Lipinski definition) is 6. The average molecular weight is 383 g/mol. The molecule has 114 valence electrons. The first-order valence-electron chi connectivity index (χ1n) is 6.39. The summed E-state index contributed by atoms with van der Waals surface area (Å²) in [5.41, 5.74) is 1.68. The lowest BCUT2D eigenvalue weighted by atomic mass is 10.2. The molecule has 3 rings (SSSR count). The summed E-state index contributed by atoms with van der Waals surface area (Å²) in [5, 5.41) is 2.28. The monoisotopic (exact) mass is 382 g/mol. The molecule has 0 bridgehead atoms. The lowest BCUT2D eigenvalue weighted by molar-refractivity contribution is -0.146. The van der Waals surface area contributed by atoms with E-state index in [0.29, 0.717) is 5.13 Å². The molecule has 1 amide bonds. The summed E-state index contributed by atoms with van der Waals surface area (Å²) in [5.74, 6) is -0.474. The molecule has 8 heteroatoms. The Morgan fingerprint density at radius 3 is 2.86 bits per heavy atom. The van der Waals surface area contributed by atoms with Crippen molar-refractivity contribution >= 4 is 44.5 Å². The molecule has 0 radical (unpaired) electrons. The fourth-order valence-corrected chi connectivity index (χ4v) is 3.14. The zero-order valence-electron chi connectivity index (χ0n) is 11.5. The molecule has 0 N–H and O–H groups in total. The van der Waals surface area contributed by atoms with Crippen LogP contribution in [0, 0.1) is 0 Å². The summed E-state index contributed by atoms with van der Waals surface area (Å²) < 4.78 is 11.0. The van der Waals surface area contributed by atoms with Crippen LogP contribution in [0.2, 0.25) is 0 Å². The normalized spacial score (nSPS) is 17.5. The van der Waals surface area contributed by atoms with Gasteiger partial charge in [-0.15, -0.1) is 11.3 Å². The molecule has 0 spiro atoms. The Morgan fingerprint density at radius 1 is 1.45 bits per heavy atom. The maximum Gasteiger partial charge on any atom is 0.419 e. The molecule has 0 unspecified atom stereocenters. The van der Waals surface area contributed by atoms with Gasteiger partial charge < -0.3 is 9.47 Å². The summed E-state index contributed by atoms with van der Waals surface area (Å²) in [7, 11) is 0. The van der Waals surface area contributed by atoms with Gasteiger partial charge in [0.1, 0.15) is 6.61 Å². The first-order chi connectivity index (χ1) is 10.5. The molecule has 2 aromatic rings. The van der Waals surface area contributed by atoms with Crippen LogP contribution in [0.25, 0.3) is 11.3 Å². The van der Waals surface area contributed by atoms with Crippen LogP contribution in [-0.4, -0.2) is 29.9 Å². The maximum atomic E-state index is 11.8. The molecular formula is C14H11BrN2O4S. The van der Waals surface area contributed by atoms with Gasteiger partial charge in [0.2, 0.25) is 6.23 Å². The Bertz CT molecular complexity index is 716. The van der Waals surface area contributed by atoms with Crippen molar-refractivity contribution in [3.63, 3.8) is 0 Å². The largest absolute Gasteiger partial charge is 0.443 e. The first kappa shape index (κ1) is 15.0. The van der Waals surface area contributed by atoms with E-state index in [0.717, 1.165) is 15.7 Å². The van der Waals surface area contributed by atoms with E-state index in [-0.39, 0.29) is 6.61 Å². The minimum Gasteiger partial charge on any atom is -0.443 e. The lowest BCUT2D eigenvalue weighted by Crippen LogP contribution is -2.36. The van der Waals surface area contributed by atoms with Crippen molar-refractivity contribution in [1.29, 1.82) is 0 Å². The molecule has 2 heterocycles. The van der Waals surface area contributed by atoms with Gasteiger partial charge in [-0.2, -0.15) is 0 Å². The van der Waals surface area contributed by atoms with Crippen molar-refractivity contribution in [2.75, 3.05) is 11.5 Å². The van der Waals surface area contributed by atoms with Gasteiger partial charge in [0, 0.05) is 22.3 Å². The predicted octanol–water partition coefficient (Wildman–Crippen LogP) is 3.42. The molecule has 1 aromatic carbocycles. The number of amides is 1. The van der Waals surface area contributed by atoms with E-state index in [1.807, 2.05) is 29.6 Å². The van der Waals surface area contributed by atoms with Crippen molar-refractivity contribution in [2.45, 2.75) is 13.2 Å². The highest BCUT2D eigenvalue weighted by atomic mass is 79.9. The van der Waals surface area contributed by atoms with Crippen molar-refractivity contribution in [3.05, 3.63) is 34.1 Å². The number of halogens is 1. The van der Waals surface area contributed by atoms with Gasteiger partial charge in [-0.1, -0.05) is 28.1 Å². The number of ether oxygens (including phenoxy) is 2. The Balaban J connectivity index is 1.87. The first-order valence-corrected chi connectivity index (χ1v) is 8.06. The zero-order chi connectivity index (χ0) is 15.7. The summed E-state index contributed by atoms with van der Waals surface area (Å²) >= 11 is 4.67. The van der Waals surface area contributed by atoms with E-state index in [1.54, 1.807) is 0 Å². The summed E-state index contributed by atoms with van der Waals surface area (Å²) in [6.45, 7) is 1.29. The molecule has 6 nitrogen and oxygen atoms in total. The van der Waals surface area contributed by atoms with Crippen molar-refractivity contribution in [3.8, 4) is 11.3 Å². The number of benzene rings is 1. The van der Waals surface area contributed by atoms with Gasteiger partial charge in [0.25, 0.3) is 0 Å². The SMILES string of the molecule is CC(=O)O[C@H]1COC(=O)N1c1nc(-c2ccc(Br)cc2)cs1. The smallest absolute Gasteiger partial charge is 0.419 e. The van der Waals surface area contributed by atoms with Gasteiger partial charge >= 0.3 is 12.1 Å². The Morgan fingerprint density at radius 2 is 2.18 bits per heavy atom.